The molecule has 0 aliphatic heterocycles. The molecule has 0 aromatic carbocycles. The van der Waals surface area contributed by atoms with Crippen LogP contribution in [0.3, 0.4) is 0 Å². The minimum atomic E-state index is 0.415. The van der Waals surface area contributed by atoms with E-state index in [0.29, 0.717) is 10.3 Å². The Kier molecular flexibility index (Phi) is 4.49. The van der Waals surface area contributed by atoms with Crippen molar-refractivity contribution < 1.29 is 0 Å². The van der Waals surface area contributed by atoms with Crippen molar-refractivity contribution in [3.8, 4) is 0 Å². The quantitative estimate of drug-likeness (QED) is 0.607. The summed E-state index contributed by atoms with van der Waals surface area (Å²) in [4.78, 5) is 8.49. The highest BCUT2D eigenvalue weighted by atomic mass is 35.5. The number of nitrogens with zero attached hydrogens (tertiary/aromatic N) is 2. The van der Waals surface area contributed by atoms with Gasteiger partial charge in [-0.2, -0.15) is 0 Å². The number of thioether (sulfide) groups is 1. The number of pyridine rings is 2. The van der Waals surface area contributed by atoms with E-state index in [1.807, 2.05) is 13.0 Å². The first-order chi connectivity index (χ1) is 8.54. The van der Waals surface area contributed by atoms with Crippen LogP contribution in [0.4, 0.5) is 0 Å². The van der Waals surface area contributed by atoms with E-state index < -0.39 is 0 Å². The monoisotopic (exact) mass is 298 g/mol. The SMILES string of the molecule is Cc1cc(C)nc(SCc2ccc(Cl)nc2Cl)c1. The smallest absolute Gasteiger partial charge is 0.134 e. The van der Waals surface area contributed by atoms with Gasteiger partial charge in [-0.25, -0.2) is 9.97 Å². The Labute approximate surface area is 121 Å². The Hall–Kier alpha value is -0.770. The van der Waals surface area contributed by atoms with E-state index in [2.05, 4.69) is 29.0 Å². The van der Waals surface area contributed by atoms with Crippen molar-refractivity contribution in [2.75, 3.05) is 0 Å². The molecule has 0 bridgehead atoms. The lowest BCUT2D eigenvalue weighted by molar-refractivity contribution is 1.05. The summed E-state index contributed by atoms with van der Waals surface area (Å²) in [6.07, 6.45) is 0. The first-order valence-electron chi connectivity index (χ1n) is 5.43. The summed E-state index contributed by atoms with van der Waals surface area (Å²) in [5, 5.41) is 1.87. The molecule has 0 aliphatic rings. The van der Waals surface area contributed by atoms with Gasteiger partial charge in [0.05, 0.1) is 5.03 Å². The second-order valence-corrected chi connectivity index (χ2v) is 5.74. The van der Waals surface area contributed by atoms with Crippen LogP contribution in [0.15, 0.2) is 29.3 Å². The zero-order valence-electron chi connectivity index (χ0n) is 10.1. The van der Waals surface area contributed by atoms with E-state index >= 15 is 0 Å². The van der Waals surface area contributed by atoms with E-state index in [0.717, 1.165) is 22.0 Å². The molecule has 0 N–H and O–H groups in total. The molecule has 0 amide bonds. The molecule has 2 aromatic heterocycles. The molecule has 94 valence electrons. The number of halogens is 2. The maximum Gasteiger partial charge on any atom is 0.134 e. The van der Waals surface area contributed by atoms with Crippen LogP contribution in [-0.4, -0.2) is 9.97 Å². The zero-order chi connectivity index (χ0) is 13.1. The summed E-state index contributed by atoms with van der Waals surface area (Å²) < 4.78 is 0. The summed E-state index contributed by atoms with van der Waals surface area (Å²) in [6, 6.07) is 7.77. The maximum absolute atomic E-state index is 6.03. The number of rotatable bonds is 3. The molecule has 2 rings (SSSR count). The van der Waals surface area contributed by atoms with Crippen molar-refractivity contribution in [2.45, 2.75) is 24.6 Å². The minimum absolute atomic E-state index is 0.415. The molecule has 0 saturated heterocycles. The molecule has 0 fully saturated rings. The van der Waals surface area contributed by atoms with Crippen LogP contribution >= 0.6 is 35.0 Å². The molecule has 5 heteroatoms. The fourth-order valence-electron chi connectivity index (χ4n) is 1.58. The number of aromatic nitrogens is 2. The summed E-state index contributed by atoms with van der Waals surface area (Å²) in [6.45, 7) is 4.06. The second-order valence-electron chi connectivity index (χ2n) is 4.00. The van der Waals surface area contributed by atoms with Gasteiger partial charge in [-0.05, 0) is 43.2 Å². The normalized spacial score (nSPS) is 10.7. The van der Waals surface area contributed by atoms with Gasteiger partial charge in [0.25, 0.3) is 0 Å². The fourth-order valence-corrected chi connectivity index (χ4v) is 3.08. The Morgan fingerprint density at radius 2 is 1.89 bits per heavy atom. The standard InChI is InChI=1S/C13H12Cl2N2S/c1-8-5-9(2)16-12(6-8)18-7-10-3-4-11(14)17-13(10)15/h3-6H,7H2,1-2H3. The highest BCUT2D eigenvalue weighted by Gasteiger charge is 2.05. The van der Waals surface area contributed by atoms with E-state index in [9.17, 15) is 0 Å². The van der Waals surface area contributed by atoms with Crippen LogP contribution in [-0.2, 0) is 5.75 Å². The molecule has 0 atom stereocenters. The van der Waals surface area contributed by atoms with Crippen molar-refractivity contribution >= 4 is 35.0 Å². The van der Waals surface area contributed by atoms with Gasteiger partial charge in [0.15, 0.2) is 0 Å². The van der Waals surface area contributed by atoms with Crippen LogP contribution in [0.2, 0.25) is 10.3 Å². The molecule has 2 heterocycles. The third-order valence-electron chi connectivity index (χ3n) is 2.34. The fraction of sp³-hybridized carbons (Fsp3) is 0.231. The average molecular weight is 299 g/mol. The van der Waals surface area contributed by atoms with Crippen molar-refractivity contribution in [3.05, 3.63) is 51.4 Å². The van der Waals surface area contributed by atoms with Crippen LogP contribution in [0, 0.1) is 13.8 Å². The Morgan fingerprint density at radius 1 is 1.11 bits per heavy atom. The topological polar surface area (TPSA) is 25.8 Å². The van der Waals surface area contributed by atoms with Crippen molar-refractivity contribution in [3.63, 3.8) is 0 Å². The Morgan fingerprint density at radius 3 is 2.56 bits per heavy atom. The van der Waals surface area contributed by atoms with Crippen LogP contribution in [0.5, 0.6) is 0 Å². The van der Waals surface area contributed by atoms with Gasteiger partial charge in [0, 0.05) is 11.4 Å². The lowest BCUT2D eigenvalue weighted by atomic mass is 10.3. The highest BCUT2D eigenvalue weighted by Crippen LogP contribution is 2.26. The lowest BCUT2D eigenvalue weighted by Gasteiger charge is -2.05. The van der Waals surface area contributed by atoms with E-state index in [1.165, 1.54) is 5.56 Å². The highest BCUT2D eigenvalue weighted by molar-refractivity contribution is 7.98. The molecule has 2 nitrogen and oxygen atoms in total. The van der Waals surface area contributed by atoms with Crippen LogP contribution in [0.25, 0.3) is 0 Å². The molecule has 2 aromatic rings. The molecule has 0 spiro atoms. The molecule has 0 radical (unpaired) electrons. The predicted molar refractivity (Wildman–Crippen MR) is 77.5 cm³/mol. The Bertz CT molecular complexity index is 553. The van der Waals surface area contributed by atoms with Gasteiger partial charge >= 0.3 is 0 Å². The van der Waals surface area contributed by atoms with Gasteiger partial charge < -0.3 is 0 Å². The molecular weight excluding hydrogens is 287 g/mol. The van der Waals surface area contributed by atoms with Gasteiger partial charge in [-0.15, -0.1) is 11.8 Å². The van der Waals surface area contributed by atoms with E-state index in [4.69, 9.17) is 23.2 Å². The molecule has 0 unspecified atom stereocenters. The van der Waals surface area contributed by atoms with Gasteiger partial charge in [-0.3, -0.25) is 0 Å². The predicted octanol–water partition coefficient (Wildman–Crippen LogP) is 4.69. The van der Waals surface area contributed by atoms with Crippen molar-refractivity contribution in [2.24, 2.45) is 0 Å². The van der Waals surface area contributed by atoms with Gasteiger partial charge in [0.2, 0.25) is 0 Å². The number of aryl methyl sites for hydroxylation is 2. The molecule has 18 heavy (non-hydrogen) atoms. The first-order valence-corrected chi connectivity index (χ1v) is 7.18. The van der Waals surface area contributed by atoms with E-state index in [1.54, 1.807) is 17.8 Å². The zero-order valence-corrected chi connectivity index (χ0v) is 12.4. The summed E-state index contributed by atoms with van der Waals surface area (Å²) in [7, 11) is 0. The minimum Gasteiger partial charge on any atom is -0.247 e. The largest absolute Gasteiger partial charge is 0.247 e. The second kappa shape index (κ2) is 5.91. The molecule has 0 saturated carbocycles. The average Bonchev–Trinajstić information content (AvgIpc) is 2.26. The van der Waals surface area contributed by atoms with Crippen molar-refractivity contribution in [1.82, 2.24) is 9.97 Å². The first kappa shape index (κ1) is 13.7. The van der Waals surface area contributed by atoms with E-state index in [-0.39, 0.29) is 0 Å². The summed E-state index contributed by atoms with van der Waals surface area (Å²) in [5.41, 5.74) is 3.20. The lowest BCUT2D eigenvalue weighted by Crippen LogP contribution is -1.90. The molecule has 0 aliphatic carbocycles. The van der Waals surface area contributed by atoms with Crippen LogP contribution < -0.4 is 0 Å². The van der Waals surface area contributed by atoms with Gasteiger partial charge in [0.1, 0.15) is 10.3 Å². The van der Waals surface area contributed by atoms with Crippen molar-refractivity contribution in [1.29, 1.82) is 0 Å². The van der Waals surface area contributed by atoms with Crippen LogP contribution in [0.1, 0.15) is 16.8 Å². The molecular formula is C13H12Cl2N2S. The number of hydrogen-bond acceptors (Lipinski definition) is 3. The Balaban J connectivity index is 2.11. The summed E-state index contributed by atoms with van der Waals surface area (Å²) >= 11 is 13.4. The maximum atomic E-state index is 6.03. The number of hydrogen-bond donors (Lipinski definition) is 0. The third kappa shape index (κ3) is 3.61. The summed E-state index contributed by atoms with van der Waals surface area (Å²) in [5.74, 6) is 0.735. The third-order valence-corrected chi connectivity index (χ3v) is 3.84. The van der Waals surface area contributed by atoms with Gasteiger partial charge in [-0.1, -0.05) is 29.3 Å².